The first-order chi connectivity index (χ1) is 15.4. The van der Waals surface area contributed by atoms with E-state index in [0.29, 0.717) is 0 Å². The van der Waals surface area contributed by atoms with E-state index in [9.17, 15) is 23.2 Å². The lowest BCUT2D eigenvalue weighted by atomic mass is 10.2. The molecule has 0 spiro atoms. The van der Waals surface area contributed by atoms with Crippen LogP contribution in [-0.4, -0.2) is 28.3 Å². The maximum atomic E-state index is 13.8. The number of halogens is 2. The SMILES string of the molecule is CCOC(=O)c1nn(-c2cccc(F)c2)c(=O)c2c(NC(=O)c3cccc(F)c3)scc12. The number of esters is 1. The predicted octanol–water partition coefficient (Wildman–Crippen LogP) is 4.15. The van der Waals surface area contributed by atoms with Crippen LogP contribution in [-0.2, 0) is 4.74 Å². The molecule has 0 aliphatic carbocycles. The molecule has 0 saturated heterocycles. The van der Waals surface area contributed by atoms with E-state index in [1.807, 2.05) is 0 Å². The number of benzene rings is 2. The lowest BCUT2D eigenvalue weighted by Gasteiger charge is -2.10. The number of aromatic nitrogens is 2. The lowest BCUT2D eigenvalue weighted by Crippen LogP contribution is -2.25. The third-order valence-electron chi connectivity index (χ3n) is 4.49. The van der Waals surface area contributed by atoms with Crippen molar-refractivity contribution in [3.05, 3.63) is 87.2 Å². The van der Waals surface area contributed by atoms with Crippen molar-refractivity contribution in [2.45, 2.75) is 6.92 Å². The fourth-order valence-corrected chi connectivity index (χ4v) is 4.01. The van der Waals surface area contributed by atoms with Crippen molar-refractivity contribution < 1.29 is 23.1 Å². The molecule has 2 aromatic heterocycles. The maximum Gasteiger partial charge on any atom is 0.359 e. The summed E-state index contributed by atoms with van der Waals surface area (Å²) < 4.78 is 33.2. The predicted molar refractivity (Wildman–Crippen MR) is 115 cm³/mol. The van der Waals surface area contributed by atoms with Gasteiger partial charge in [-0.15, -0.1) is 11.3 Å². The molecular formula is C22H15F2N3O4S. The highest BCUT2D eigenvalue weighted by atomic mass is 32.1. The Hall–Kier alpha value is -3.92. The number of carbonyl (C=O) groups is 2. The molecule has 2 heterocycles. The minimum absolute atomic E-state index is 0.00191. The number of nitrogens with one attached hydrogen (secondary N) is 1. The highest BCUT2D eigenvalue weighted by Crippen LogP contribution is 2.31. The second-order valence-electron chi connectivity index (χ2n) is 6.58. The van der Waals surface area contributed by atoms with Gasteiger partial charge in [0.15, 0.2) is 5.69 Å². The summed E-state index contributed by atoms with van der Waals surface area (Å²) in [5.41, 5.74) is -0.685. The third-order valence-corrected chi connectivity index (χ3v) is 5.38. The highest BCUT2D eigenvalue weighted by Gasteiger charge is 2.23. The van der Waals surface area contributed by atoms with Crippen LogP contribution in [0.25, 0.3) is 16.5 Å². The van der Waals surface area contributed by atoms with E-state index in [4.69, 9.17) is 4.74 Å². The number of rotatable bonds is 5. The molecular weight excluding hydrogens is 440 g/mol. The molecule has 1 amide bonds. The number of thiophene rings is 1. The summed E-state index contributed by atoms with van der Waals surface area (Å²) in [6.07, 6.45) is 0. The molecule has 0 fully saturated rings. The Labute approximate surface area is 183 Å². The topological polar surface area (TPSA) is 90.3 Å². The van der Waals surface area contributed by atoms with E-state index in [1.54, 1.807) is 6.92 Å². The molecule has 0 atom stereocenters. The molecule has 0 radical (unpaired) electrons. The summed E-state index contributed by atoms with van der Waals surface area (Å²) >= 11 is 1.00. The summed E-state index contributed by atoms with van der Waals surface area (Å²) in [7, 11) is 0. The van der Waals surface area contributed by atoms with Crippen LogP contribution < -0.4 is 10.9 Å². The molecule has 162 valence electrons. The first-order valence-corrected chi connectivity index (χ1v) is 10.3. The fraction of sp³-hybridized carbons (Fsp3) is 0.0909. The van der Waals surface area contributed by atoms with Gasteiger partial charge < -0.3 is 10.1 Å². The van der Waals surface area contributed by atoms with Crippen LogP contribution in [0.2, 0.25) is 0 Å². The summed E-state index contributed by atoms with van der Waals surface area (Å²) in [6.45, 7) is 1.70. The van der Waals surface area contributed by atoms with Crippen molar-refractivity contribution in [3.63, 3.8) is 0 Å². The molecule has 0 saturated carbocycles. The van der Waals surface area contributed by atoms with Crippen molar-refractivity contribution in [3.8, 4) is 5.69 Å². The average molecular weight is 455 g/mol. The van der Waals surface area contributed by atoms with Crippen LogP contribution in [0.3, 0.4) is 0 Å². The number of fused-ring (bicyclic) bond motifs is 1. The molecule has 0 bridgehead atoms. The quantitative estimate of drug-likeness (QED) is 0.457. The van der Waals surface area contributed by atoms with Crippen molar-refractivity contribution in [1.29, 1.82) is 0 Å². The first kappa shape index (κ1) is 21.3. The van der Waals surface area contributed by atoms with Crippen LogP contribution in [0.5, 0.6) is 0 Å². The molecule has 0 aliphatic heterocycles. The smallest absolute Gasteiger partial charge is 0.359 e. The zero-order valence-electron chi connectivity index (χ0n) is 16.6. The maximum absolute atomic E-state index is 13.8. The van der Waals surface area contributed by atoms with Crippen molar-refractivity contribution in [2.24, 2.45) is 0 Å². The Morgan fingerprint density at radius 3 is 2.53 bits per heavy atom. The Morgan fingerprint density at radius 1 is 1.12 bits per heavy atom. The zero-order valence-corrected chi connectivity index (χ0v) is 17.4. The van der Waals surface area contributed by atoms with Gasteiger partial charge in [-0.3, -0.25) is 9.59 Å². The van der Waals surface area contributed by atoms with Gasteiger partial charge in [-0.25, -0.2) is 13.6 Å². The fourth-order valence-electron chi connectivity index (χ4n) is 3.08. The Morgan fingerprint density at radius 2 is 1.84 bits per heavy atom. The second-order valence-corrected chi connectivity index (χ2v) is 7.46. The van der Waals surface area contributed by atoms with Gasteiger partial charge in [0.1, 0.15) is 16.6 Å². The van der Waals surface area contributed by atoms with Crippen molar-refractivity contribution >= 4 is 39.0 Å². The third kappa shape index (κ3) is 4.00. The number of nitrogens with zero attached hydrogens (tertiary/aromatic N) is 2. The molecule has 10 heteroatoms. The lowest BCUT2D eigenvalue weighted by molar-refractivity contribution is 0.0520. The monoisotopic (exact) mass is 455 g/mol. The molecule has 2 aromatic carbocycles. The number of carbonyl (C=O) groups excluding carboxylic acids is 2. The Bertz CT molecular complexity index is 1410. The van der Waals surface area contributed by atoms with Crippen LogP contribution in [0.15, 0.2) is 58.7 Å². The molecule has 7 nitrogen and oxygen atoms in total. The zero-order chi connectivity index (χ0) is 22.8. The number of amides is 1. The molecule has 4 aromatic rings. The minimum atomic E-state index is -0.775. The normalized spacial score (nSPS) is 10.8. The van der Waals surface area contributed by atoms with E-state index in [2.05, 4.69) is 10.4 Å². The molecule has 1 N–H and O–H groups in total. The second kappa shape index (κ2) is 8.67. The molecule has 0 aliphatic rings. The standard InChI is InChI=1S/C22H15F2N3O4S/c1-2-31-22(30)18-16-11-32-20(25-19(28)12-5-3-6-13(23)9-12)17(16)21(29)27(26-18)15-8-4-7-14(24)10-15/h3-11H,2H2,1H3,(H,25,28). The van der Waals surface area contributed by atoms with Gasteiger partial charge in [0.2, 0.25) is 0 Å². The molecule has 32 heavy (non-hydrogen) atoms. The first-order valence-electron chi connectivity index (χ1n) is 9.43. The highest BCUT2D eigenvalue weighted by molar-refractivity contribution is 7.16. The van der Waals surface area contributed by atoms with Gasteiger partial charge in [-0.1, -0.05) is 12.1 Å². The Kier molecular flexibility index (Phi) is 5.78. The minimum Gasteiger partial charge on any atom is -0.461 e. The summed E-state index contributed by atoms with van der Waals surface area (Å²) in [4.78, 5) is 38.4. The van der Waals surface area contributed by atoms with Crippen molar-refractivity contribution in [1.82, 2.24) is 9.78 Å². The molecule has 4 rings (SSSR count). The van der Waals surface area contributed by atoms with Gasteiger partial charge in [0.05, 0.1) is 17.7 Å². The van der Waals surface area contributed by atoms with E-state index in [0.717, 1.165) is 28.2 Å². The van der Waals surface area contributed by atoms with Gasteiger partial charge in [-0.2, -0.15) is 9.78 Å². The number of hydrogen-bond donors (Lipinski definition) is 1. The molecule has 0 unspecified atom stereocenters. The number of ether oxygens (including phenoxy) is 1. The summed E-state index contributed by atoms with van der Waals surface area (Å²) in [5, 5.41) is 8.50. The van der Waals surface area contributed by atoms with E-state index < -0.39 is 29.1 Å². The van der Waals surface area contributed by atoms with Crippen LogP contribution in [0.4, 0.5) is 13.8 Å². The summed E-state index contributed by atoms with van der Waals surface area (Å²) in [6, 6.07) is 10.2. The van der Waals surface area contributed by atoms with E-state index >= 15 is 0 Å². The summed E-state index contributed by atoms with van der Waals surface area (Å²) in [5.74, 6) is -2.60. The number of hydrogen-bond acceptors (Lipinski definition) is 6. The van der Waals surface area contributed by atoms with E-state index in [1.165, 1.54) is 41.8 Å². The Balaban J connectivity index is 1.89. The average Bonchev–Trinajstić information content (AvgIpc) is 3.18. The largest absolute Gasteiger partial charge is 0.461 e. The van der Waals surface area contributed by atoms with Crippen LogP contribution in [0.1, 0.15) is 27.8 Å². The van der Waals surface area contributed by atoms with Gasteiger partial charge in [-0.05, 0) is 43.3 Å². The van der Waals surface area contributed by atoms with Crippen molar-refractivity contribution in [2.75, 3.05) is 11.9 Å². The van der Waals surface area contributed by atoms with Crippen LogP contribution in [0, 0.1) is 11.6 Å². The van der Waals surface area contributed by atoms with Gasteiger partial charge >= 0.3 is 5.97 Å². The number of anilines is 1. The van der Waals surface area contributed by atoms with E-state index in [-0.39, 0.29) is 39.3 Å². The van der Waals surface area contributed by atoms with Gasteiger partial charge in [0, 0.05) is 16.3 Å². The van der Waals surface area contributed by atoms with Gasteiger partial charge in [0.25, 0.3) is 11.5 Å². The van der Waals surface area contributed by atoms with Crippen LogP contribution >= 0.6 is 11.3 Å².